The highest BCUT2D eigenvalue weighted by Gasteiger charge is 2.33. The van der Waals surface area contributed by atoms with Crippen molar-refractivity contribution >= 4 is 11.6 Å². The number of rotatable bonds is 3. The molecule has 0 unspecified atom stereocenters. The van der Waals surface area contributed by atoms with E-state index >= 15 is 0 Å². The summed E-state index contributed by atoms with van der Waals surface area (Å²) in [5.41, 5.74) is -0.300. The Bertz CT molecular complexity index is 428. The Morgan fingerprint density at radius 2 is 1.89 bits per heavy atom. The number of nitrogens with one attached hydrogen (secondary N) is 1. The van der Waals surface area contributed by atoms with Gasteiger partial charge in [0.2, 0.25) is 0 Å². The Morgan fingerprint density at radius 1 is 1.21 bits per heavy atom. The van der Waals surface area contributed by atoms with Gasteiger partial charge in [-0.1, -0.05) is 17.7 Å². The molecule has 0 radical (unpaired) electrons. The average molecular weight is 293 g/mol. The Labute approximate surface area is 115 Å². The zero-order valence-corrected chi connectivity index (χ0v) is 11.2. The first-order chi connectivity index (χ1) is 8.97. The van der Waals surface area contributed by atoms with Gasteiger partial charge in [-0.15, -0.1) is 0 Å². The summed E-state index contributed by atoms with van der Waals surface area (Å²) < 4.78 is 38.7. The molecule has 1 aliphatic rings. The minimum atomic E-state index is -4.34. The number of halogens is 4. The van der Waals surface area contributed by atoms with Gasteiger partial charge in [0, 0.05) is 37.7 Å². The minimum Gasteiger partial charge on any atom is -0.314 e. The van der Waals surface area contributed by atoms with Crippen molar-refractivity contribution in [3.05, 3.63) is 34.3 Å². The molecule has 1 aromatic rings. The van der Waals surface area contributed by atoms with Crippen molar-refractivity contribution in [3.8, 4) is 0 Å². The second kappa shape index (κ2) is 6.11. The third-order valence-electron chi connectivity index (χ3n) is 3.28. The van der Waals surface area contributed by atoms with Crippen LogP contribution < -0.4 is 5.32 Å². The molecule has 0 bridgehead atoms. The van der Waals surface area contributed by atoms with Crippen molar-refractivity contribution in [2.24, 2.45) is 0 Å². The largest absolute Gasteiger partial charge is 0.416 e. The molecule has 1 heterocycles. The highest BCUT2D eigenvalue weighted by Crippen LogP contribution is 2.34. The summed E-state index contributed by atoms with van der Waals surface area (Å²) in [7, 11) is 0. The molecule has 2 rings (SSSR count). The van der Waals surface area contributed by atoms with E-state index in [0.29, 0.717) is 18.5 Å². The van der Waals surface area contributed by atoms with Crippen LogP contribution in [0.4, 0.5) is 13.2 Å². The van der Waals surface area contributed by atoms with E-state index in [1.807, 2.05) is 0 Å². The number of benzene rings is 1. The quantitative estimate of drug-likeness (QED) is 0.921. The van der Waals surface area contributed by atoms with Gasteiger partial charge < -0.3 is 10.2 Å². The fraction of sp³-hybridized carbons (Fsp3) is 0.538. The number of hydrogen-bond donors (Lipinski definition) is 1. The van der Waals surface area contributed by atoms with E-state index in [1.165, 1.54) is 12.1 Å². The number of alkyl halides is 3. The minimum absolute atomic E-state index is 0.123. The van der Waals surface area contributed by atoms with E-state index in [-0.39, 0.29) is 5.02 Å². The topological polar surface area (TPSA) is 15.3 Å². The summed E-state index contributed by atoms with van der Waals surface area (Å²) in [5.74, 6) is 0. The monoisotopic (exact) mass is 292 g/mol. The van der Waals surface area contributed by atoms with Gasteiger partial charge in [-0.3, -0.25) is 0 Å². The number of hydrogen-bond acceptors (Lipinski definition) is 2. The molecule has 1 fully saturated rings. The van der Waals surface area contributed by atoms with E-state index in [0.717, 1.165) is 32.2 Å². The van der Waals surface area contributed by atoms with Crippen LogP contribution in [-0.2, 0) is 12.6 Å². The smallest absolute Gasteiger partial charge is 0.314 e. The highest BCUT2D eigenvalue weighted by atomic mass is 35.5. The summed E-state index contributed by atoms with van der Waals surface area (Å²) in [6.07, 6.45) is -3.95. The SMILES string of the molecule is FC(F)(F)c1cc(Cl)ccc1CCN1CCNCC1. The zero-order chi connectivity index (χ0) is 13.9. The summed E-state index contributed by atoms with van der Waals surface area (Å²) in [6.45, 7) is 4.20. The fourth-order valence-electron chi connectivity index (χ4n) is 2.24. The fourth-order valence-corrected chi connectivity index (χ4v) is 2.42. The lowest BCUT2D eigenvalue weighted by atomic mass is 10.0. The van der Waals surface area contributed by atoms with E-state index in [9.17, 15) is 13.2 Å². The average Bonchev–Trinajstić information content (AvgIpc) is 2.37. The molecule has 0 amide bonds. The first-order valence-corrected chi connectivity index (χ1v) is 6.63. The van der Waals surface area contributed by atoms with Gasteiger partial charge in [0.1, 0.15) is 0 Å². The Balaban J connectivity index is 2.06. The summed E-state index contributed by atoms with van der Waals surface area (Å²) in [5, 5.41) is 3.34. The van der Waals surface area contributed by atoms with Crippen LogP contribution in [0.5, 0.6) is 0 Å². The van der Waals surface area contributed by atoms with Crippen molar-refractivity contribution < 1.29 is 13.2 Å². The predicted molar refractivity (Wildman–Crippen MR) is 69.5 cm³/mol. The Hall–Kier alpha value is -0.780. The van der Waals surface area contributed by atoms with Gasteiger partial charge in [0.15, 0.2) is 0 Å². The summed E-state index contributed by atoms with van der Waals surface area (Å²) in [4.78, 5) is 2.17. The van der Waals surface area contributed by atoms with E-state index in [1.54, 1.807) is 0 Å². The molecular formula is C13H16ClF3N2. The van der Waals surface area contributed by atoms with Crippen LogP contribution in [0.1, 0.15) is 11.1 Å². The van der Waals surface area contributed by atoms with Crippen molar-refractivity contribution in [2.75, 3.05) is 32.7 Å². The number of piperazine rings is 1. The molecule has 1 aromatic carbocycles. The van der Waals surface area contributed by atoms with Gasteiger partial charge >= 0.3 is 6.18 Å². The van der Waals surface area contributed by atoms with Gasteiger partial charge in [-0.2, -0.15) is 13.2 Å². The van der Waals surface area contributed by atoms with Crippen LogP contribution in [0.3, 0.4) is 0 Å². The molecule has 1 N–H and O–H groups in total. The predicted octanol–water partition coefficient (Wildman–Crippen LogP) is 2.81. The van der Waals surface area contributed by atoms with E-state index < -0.39 is 11.7 Å². The van der Waals surface area contributed by atoms with Crippen molar-refractivity contribution in [3.63, 3.8) is 0 Å². The van der Waals surface area contributed by atoms with Crippen molar-refractivity contribution in [1.82, 2.24) is 10.2 Å². The van der Waals surface area contributed by atoms with E-state index in [2.05, 4.69) is 10.2 Å². The summed E-state index contributed by atoms with van der Waals surface area (Å²) in [6, 6.07) is 4.01. The molecule has 19 heavy (non-hydrogen) atoms. The van der Waals surface area contributed by atoms with Crippen LogP contribution in [0.15, 0.2) is 18.2 Å². The van der Waals surface area contributed by atoms with Gasteiger partial charge in [0.25, 0.3) is 0 Å². The van der Waals surface area contributed by atoms with Gasteiger partial charge in [-0.05, 0) is 24.1 Å². The normalized spacial score (nSPS) is 17.7. The third kappa shape index (κ3) is 4.09. The maximum atomic E-state index is 12.9. The lowest BCUT2D eigenvalue weighted by Crippen LogP contribution is -2.44. The van der Waals surface area contributed by atoms with Gasteiger partial charge in [-0.25, -0.2) is 0 Å². The van der Waals surface area contributed by atoms with Crippen LogP contribution in [0.25, 0.3) is 0 Å². The highest BCUT2D eigenvalue weighted by molar-refractivity contribution is 6.30. The first-order valence-electron chi connectivity index (χ1n) is 6.25. The molecule has 0 aliphatic carbocycles. The Kier molecular flexibility index (Phi) is 4.71. The molecule has 0 spiro atoms. The second-order valence-corrected chi connectivity index (χ2v) is 5.08. The lowest BCUT2D eigenvalue weighted by Gasteiger charge is -2.27. The van der Waals surface area contributed by atoms with Crippen LogP contribution in [0, 0.1) is 0 Å². The second-order valence-electron chi connectivity index (χ2n) is 4.64. The van der Waals surface area contributed by atoms with E-state index in [4.69, 9.17) is 11.6 Å². The van der Waals surface area contributed by atoms with Crippen LogP contribution >= 0.6 is 11.6 Å². The maximum Gasteiger partial charge on any atom is 0.416 e. The molecule has 0 atom stereocenters. The molecule has 106 valence electrons. The molecule has 0 aromatic heterocycles. The maximum absolute atomic E-state index is 12.9. The molecule has 0 saturated carbocycles. The van der Waals surface area contributed by atoms with Crippen LogP contribution in [0.2, 0.25) is 5.02 Å². The lowest BCUT2D eigenvalue weighted by molar-refractivity contribution is -0.138. The molecule has 6 heteroatoms. The number of nitrogens with zero attached hydrogens (tertiary/aromatic N) is 1. The first kappa shape index (κ1) is 14.6. The molecule has 1 aliphatic heterocycles. The summed E-state index contributed by atoms with van der Waals surface area (Å²) >= 11 is 5.65. The molecular weight excluding hydrogens is 277 g/mol. The zero-order valence-electron chi connectivity index (χ0n) is 10.4. The van der Waals surface area contributed by atoms with Crippen molar-refractivity contribution in [2.45, 2.75) is 12.6 Å². The van der Waals surface area contributed by atoms with Gasteiger partial charge in [0.05, 0.1) is 5.56 Å². The molecule has 2 nitrogen and oxygen atoms in total. The van der Waals surface area contributed by atoms with Crippen molar-refractivity contribution in [1.29, 1.82) is 0 Å². The Morgan fingerprint density at radius 3 is 2.53 bits per heavy atom. The molecule has 1 saturated heterocycles. The standard InChI is InChI=1S/C13H16ClF3N2/c14-11-2-1-10(12(9-11)13(15,16)17)3-6-19-7-4-18-5-8-19/h1-2,9,18H,3-8H2. The third-order valence-corrected chi connectivity index (χ3v) is 3.52. The van der Waals surface area contributed by atoms with Crippen LogP contribution in [-0.4, -0.2) is 37.6 Å².